The van der Waals surface area contributed by atoms with Crippen LogP contribution in [0.25, 0.3) is 11.1 Å². The van der Waals surface area contributed by atoms with E-state index in [4.69, 9.17) is 10.2 Å². The van der Waals surface area contributed by atoms with Gasteiger partial charge in [-0.1, -0.05) is 0 Å². The Labute approximate surface area is 118 Å². The van der Waals surface area contributed by atoms with E-state index in [1.54, 1.807) is 18.2 Å². The van der Waals surface area contributed by atoms with Gasteiger partial charge in [0.2, 0.25) is 5.91 Å². The number of benzene rings is 1. The highest BCUT2D eigenvalue weighted by molar-refractivity contribution is 7.84. The third kappa shape index (κ3) is 2.98. The van der Waals surface area contributed by atoms with Crippen molar-refractivity contribution in [2.45, 2.75) is 30.5 Å². The molecule has 2 aromatic rings. The van der Waals surface area contributed by atoms with Crippen LogP contribution in [-0.4, -0.2) is 26.9 Å². The minimum absolute atomic E-state index is 0.0683. The molecule has 1 heterocycles. The Morgan fingerprint density at radius 2 is 2.30 bits per heavy atom. The number of hydrogen-bond acceptors (Lipinski definition) is 5. The van der Waals surface area contributed by atoms with Gasteiger partial charge in [-0.2, -0.15) is 0 Å². The van der Waals surface area contributed by atoms with Crippen molar-refractivity contribution in [3.8, 4) is 0 Å². The molecule has 1 amide bonds. The lowest BCUT2D eigenvalue weighted by Gasteiger charge is -2.01. The van der Waals surface area contributed by atoms with Crippen molar-refractivity contribution in [3.05, 3.63) is 18.2 Å². The fraction of sp³-hybridized carbons (Fsp3) is 0.385. The summed E-state index contributed by atoms with van der Waals surface area (Å²) in [6.45, 7) is 0. The van der Waals surface area contributed by atoms with Crippen LogP contribution in [0.3, 0.4) is 0 Å². The number of anilines is 1. The smallest absolute Gasteiger partial charge is 0.287 e. The average Bonchev–Trinajstić information content (AvgIpc) is 3.12. The largest absolute Gasteiger partial charge is 0.430 e. The lowest BCUT2D eigenvalue weighted by atomic mass is 10.3. The number of aromatic nitrogens is 1. The number of nitrogens with one attached hydrogen (secondary N) is 1. The van der Waals surface area contributed by atoms with E-state index < -0.39 is 10.8 Å². The highest BCUT2D eigenvalue weighted by Gasteiger charge is 2.23. The zero-order valence-corrected chi connectivity index (χ0v) is 11.6. The number of nitrogens with zero attached hydrogens (tertiary/aromatic N) is 1. The van der Waals surface area contributed by atoms with Gasteiger partial charge in [0.05, 0.1) is 0 Å². The standard InChI is InChI=1S/C13H15N3O3S/c14-8-1-4-11-10(7-8)16-13(19-11)20(18)6-5-12(17)15-9-2-3-9/h1,4,7,9H,2-3,5-6,14H2,(H,15,17). The molecule has 1 atom stereocenters. The van der Waals surface area contributed by atoms with Gasteiger partial charge in [-0.05, 0) is 31.0 Å². The zero-order valence-electron chi connectivity index (χ0n) is 10.8. The predicted octanol–water partition coefficient (Wildman–Crippen LogP) is 1.19. The molecule has 1 aromatic carbocycles. The summed E-state index contributed by atoms with van der Waals surface area (Å²) >= 11 is 0. The molecular weight excluding hydrogens is 278 g/mol. The summed E-state index contributed by atoms with van der Waals surface area (Å²) in [6.07, 6.45) is 2.30. The quantitative estimate of drug-likeness (QED) is 0.807. The van der Waals surface area contributed by atoms with E-state index in [-0.39, 0.29) is 23.3 Å². The molecule has 3 rings (SSSR count). The predicted molar refractivity (Wildman–Crippen MR) is 75.5 cm³/mol. The number of carbonyl (C=O) groups excluding carboxylic acids is 1. The molecule has 0 saturated heterocycles. The van der Waals surface area contributed by atoms with Crippen molar-refractivity contribution in [2.75, 3.05) is 11.5 Å². The van der Waals surface area contributed by atoms with Gasteiger partial charge in [0, 0.05) is 23.9 Å². The van der Waals surface area contributed by atoms with Crippen molar-refractivity contribution in [1.82, 2.24) is 10.3 Å². The van der Waals surface area contributed by atoms with Crippen LogP contribution >= 0.6 is 0 Å². The van der Waals surface area contributed by atoms with Gasteiger partial charge in [0.1, 0.15) is 16.3 Å². The first-order valence-corrected chi connectivity index (χ1v) is 7.77. The minimum atomic E-state index is -1.42. The van der Waals surface area contributed by atoms with Gasteiger partial charge >= 0.3 is 0 Å². The first-order chi connectivity index (χ1) is 9.61. The Hall–Kier alpha value is -1.89. The average molecular weight is 293 g/mol. The molecule has 7 heteroatoms. The van der Waals surface area contributed by atoms with Crippen LogP contribution in [0.15, 0.2) is 27.8 Å². The highest BCUT2D eigenvalue weighted by atomic mass is 32.2. The summed E-state index contributed by atoms with van der Waals surface area (Å²) in [5, 5.41) is 3.00. The van der Waals surface area contributed by atoms with Crippen LogP contribution in [0.2, 0.25) is 0 Å². The first kappa shape index (κ1) is 13.1. The van der Waals surface area contributed by atoms with Crippen LogP contribution in [-0.2, 0) is 15.6 Å². The summed E-state index contributed by atoms with van der Waals surface area (Å²) in [5.74, 6) is 0.141. The van der Waals surface area contributed by atoms with E-state index in [9.17, 15) is 9.00 Å². The van der Waals surface area contributed by atoms with E-state index in [0.717, 1.165) is 12.8 Å². The summed E-state index contributed by atoms with van der Waals surface area (Å²) < 4.78 is 17.5. The molecule has 106 valence electrons. The number of nitrogens with two attached hydrogens (primary N) is 1. The van der Waals surface area contributed by atoms with Crippen LogP contribution in [0.1, 0.15) is 19.3 Å². The number of fused-ring (bicyclic) bond motifs is 1. The number of oxazole rings is 1. The summed E-state index contributed by atoms with van der Waals surface area (Å²) in [7, 11) is -1.42. The number of nitrogen functional groups attached to an aromatic ring is 1. The van der Waals surface area contributed by atoms with Crippen LogP contribution < -0.4 is 11.1 Å². The zero-order chi connectivity index (χ0) is 14.1. The molecule has 6 nitrogen and oxygen atoms in total. The first-order valence-electron chi connectivity index (χ1n) is 6.45. The Morgan fingerprint density at radius 3 is 3.05 bits per heavy atom. The summed E-state index contributed by atoms with van der Waals surface area (Å²) in [5.41, 5.74) is 7.35. The Morgan fingerprint density at radius 1 is 1.50 bits per heavy atom. The molecule has 0 aliphatic heterocycles. The van der Waals surface area contributed by atoms with E-state index >= 15 is 0 Å². The molecule has 0 radical (unpaired) electrons. The molecule has 3 N–H and O–H groups in total. The maximum absolute atomic E-state index is 12.0. The Bertz CT molecular complexity index is 679. The van der Waals surface area contributed by atoms with Crippen LogP contribution in [0.5, 0.6) is 0 Å². The van der Waals surface area contributed by atoms with Gasteiger partial charge in [-0.3, -0.25) is 4.79 Å². The lowest BCUT2D eigenvalue weighted by molar-refractivity contribution is -0.120. The van der Waals surface area contributed by atoms with Crippen molar-refractivity contribution in [3.63, 3.8) is 0 Å². The number of hydrogen-bond donors (Lipinski definition) is 2. The van der Waals surface area contributed by atoms with Crippen molar-refractivity contribution in [2.24, 2.45) is 0 Å². The fourth-order valence-corrected chi connectivity index (χ4v) is 2.75. The van der Waals surface area contributed by atoms with Crippen LogP contribution in [0, 0.1) is 0 Å². The fourth-order valence-electron chi connectivity index (χ4n) is 1.82. The number of amides is 1. The third-order valence-electron chi connectivity index (χ3n) is 3.04. The lowest BCUT2D eigenvalue weighted by Crippen LogP contribution is -2.26. The molecule has 1 fully saturated rings. The molecule has 0 spiro atoms. The molecule has 20 heavy (non-hydrogen) atoms. The SMILES string of the molecule is Nc1ccc2oc(S(=O)CCC(=O)NC3CC3)nc2c1. The van der Waals surface area contributed by atoms with E-state index in [1.165, 1.54) is 0 Å². The highest BCUT2D eigenvalue weighted by Crippen LogP contribution is 2.21. The van der Waals surface area contributed by atoms with Gasteiger partial charge in [0.25, 0.3) is 5.22 Å². The Balaban J connectivity index is 1.64. The van der Waals surface area contributed by atoms with E-state index in [1.807, 2.05) is 0 Å². The van der Waals surface area contributed by atoms with Crippen molar-refractivity contribution in [1.29, 1.82) is 0 Å². The second kappa shape index (κ2) is 5.24. The van der Waals surface area contributed by atoms with Crippen LogP contribution in [0.4, 0.5) is 5.69 Å². The second-order valence-electron chi connectivity index (χ2n) is 4.85. The normalized spacial score (nSPS) is 16.2. The molecule has 1 aliphatic rings. The third-order valence-corrected chi connectivity index (χ3v) is 4.18. The summed E-state index contributed by atoms with van der Waals surface area (Å²) in [6, 6.07) is 5.38. The van der Waals surface area contributed by atoms with Gasteiger partial charge in [-0.15, -0.1) is 0 Å². The van der Waals surface area contributed by atoms with Crippen molar-refractivity contribution >= 4 is 33.5 Å². The van der Waals surface area contributed by atoms with E-state index in [2.05, 4.69) is 10.3 Å². The minimum Gasteiger partial charge on any atom is -0.430 e. The monoisotopic (exact) mass is 293 g/mol. The van der Waals surface area contributed by atoms with E-state index in [0.29, 0.717) is 22.8 Å². The molecule has 1 aromatic heterocycles. The maximum atomic E-state index is 12.0. The molecule has 1 aliphatic carbocycles. The molecular formula is C13H15N3O3S. The number of rotatable bonds is 5. The van der Waals surface area contributed by atoms with Crippen molar-refractivity contribution < 1.29 is 13.4 Å². The molecule has 0 bridgehead atoms. The van der Waals surface area contributed by atoms with Gasteiger partial charge in [-0.25, -0.2) is 9.19 Å². The van der Waals surface area contributed by atoms with Gasteiger partial charge in [0.15, 0.2) is 5.58 Å². The number of carbonyl (C=O) groups is 1. The maximum Gasteiger partial charge on any atom is 0.287 e. The van der Waals surface area contributed by atoms with Gasteiger partial charge < -0.3 is 15.5 Å². The molecule has 1 saturated carbocycles. The Kier molecular flexibility index (Phi) is 3.43. The molecule has 1 unspecified atom stereocenters. The second-order valence-corrected chi connectivity index (χ2v) is 6.30. The summed E-state index contributed by atoms with van der Waals surface area (Å²) in [4.78, 5) is 15.7. The topological polar surface area (TPSA) is 98.2 Å².